The van der Waals surface area contributed by atoms with Gasteiger partial charge in [0, 0.05) is 10.6 Å². The van der Waals surface area contributed by atoms with E-state index in [-0.39, 0.29) is 13.0 Å². The van der Waals surface area contributed by atoms with Gasteiger partial charge < -0.3 is 5.11 Å². The van der Waals surface area contributed by atoms with Gasteiger partial charge in [-0.1, -0.05) is 23.7 Å². The summed E-state index contributed by atoms with van der Waals surface area (Å²) >= 11 is 6.04. The van der Waals surface area contributed by atoms with Crippen LogP contribution < -0.4 is 0 Å². The molecule has 0 bridgehead atoms. The molecule has 0 fully saturated rings. The number of carboxylic acids is 1. The number of halogens is 1. The molecule has 18 heavy (non-hydrogen) atoms. The Morgan fingerprint density at radius 2 is 2.28 bits per heavy atom. The van der Waals surface area contributed by atoms with E-state index < -0.39 is 5.97 Å². The minimum atomic E-state index is -0.890. The smallest absolute Gasteiger partial charge is 0.305 e. The van der Waals surface area contributed by atoms with E-state index in [1.807, 2.05) is 13.0 Å². The highest BCUT2D eigenvalue weighted by atomic mass is 35.5. The Labute approximate surface area is 108 Å². The molecular formula is C11H11ClN4O2. The number of aliphatic carboxylic acids is 1. The average molecular weight is 267 g/mol. The summed E-state index contributed by atoms with van der Waals surface area (Å²) in [4.78, 5) is 10.6. The Hall–Kier alpha value is -1.95. The maximum absolute atomic E-state index is 10.6. The van der Waals surface area contributed by atoms with Gasteiger partial charge in [0.05, 0.1) is 13.0 Å². The Morgan fingerprint density at radius 1 is 1.50 bits per heavy atom. The van der Waals surface area contributed by atoms with E-state index in [1.165, 1.54) is 4.68 Å². The average Bonchev–Trinajstić information content (AvgIpc) is 2.78. The molecule has 0 atom stereocenters. The van der Waals surface area contributed by atoms with Crippen molar-refractivity contribution in [3.8, 4) is 11.4 Å². The fourth-order valence-corrected chi connectivity index (χ4v) is 1.77. The molecule has 7 heteroatoms. The summed E-state index contributed by atoms with van der Waals surface area (Å²) in [5.41, 5.74) is 1.67. The molecule has 0 aliphatic carbocycles. The SMILES string of the molecule is Cc1c(Cl)cccc1-c1nnnn1CCC(=O)O. The monoisotopic (exact) mass is 266 g/mol. The molecule has 2 rings (SSSR count). The van der Waals surface area contributed by atoms with E-state index in [4.69, 9.17) is 16.7 Å². The van der Waals surface area contributed by atoms with Gasteiger partial charge in [0.25, 0.3) is 0 Å². The lowest BCUT2D eigenvalue weighted by Crippen LogP contribution is -2.08. The van der Waals surface area contributed by atoms with E-state index in [0.29, 0.717) is 10.8 Å². The molecule has 0 aliphatic heterocycles. The largest absolute Gasteiger partial charge is 0.481 e. The van der Waals surface area contributed by atoms with Gasteiger partial charge in [0.1, 0.15) is 0 Å². The number of carbonyl (C=O) groups is 1. The molecule has 1 heterocycles. The number of rotatable bonds is 4. The lowest BCUT2D eigenvalue weighted by Gasteiger charge is -2.07. The standard InChI is InChI=1S/C11H11ClN4O2/c1-7-8(3-2-4-9(7)12)11-13-14-15-16(11)6-5-10(17)18/h2-4H,5-6H2,1H3,(H,17,18). The molecule has 0 amide bonds. The van der Waals surface area contributed by atoms with E-state index in [9.17, 15) is 4.79 Å². The Balaban J connectivity index is 2.36. The van der Waals surface area contributed by atoms with Crippen molar-refractivity contribution < 1.29 is 9.90 Å². The van der Waals surface area contributed by atoms with Gasteiger partial charge in [0.15, 0.2) is 5.82 Å². The predicted molar refractivity (Wildman–Crippen MR) is 65.3 cm³/mol. The number of hydrogen-bond donors (Lipinski definition) is 1. The summed E-state index contributed by atoms with van der Waals surface area (Å²) in [6.07, 6.45) is -0.0301. The Morgan fingerprint density at radius 3 is 3.00 bits per heavy atom. The minimum absolute atomic E-state index is 0.0301. The molecular weight excluding hydrogens is 256 g/mol. The number of aromatic nitrogens is 4. The lowest BCUT2D eigenvalue weighted by atomic mass is 10.1. The molecule has 1 aromatic heterocycles. The summed E-state index contributed by atoms with van der Waals surface area (Å²) in [5.74, 6) is -0.365. The van der Waals surface area contributed by atoms with Gasteiger partial charge in [-0.25, -0.2) is 4.68 Å². The zero-order chi connectivity index (χ0) is 13.1. The molecule has 94 valence electrons. The van der Waals surface area contributed by atoms with Crippen LogP contribution in [0.15, 0.2) is 18.2 Å². The Bertz CT molecular complexity index is 582. The van der Waals surface area contributed by atoms with Gasteiger partial charge in [-0.2, -0.15) is 0 Å². The van der Waals surface area contributed by atoms with Gasteiger partial charge in [0.2, 0.25) is 0 Å². The van der Waals surface area contributed by atoms with Crippen molar-refractivity contribution in [3.05, 3.63) is 28.8 Å². The molecule has 1 N–H and O–H groups in total. The number of benzene rings is 1. The van der Waals surface area contributed by atoms with Crippen molar-refractivity contribution in [1.29, 1.82) is 0 Å². The van der Waals surface area contributed by atoms with E-state index >= 15 is 0 Å². The fraction of sp³-hybridized carbons (Fsp3) is 0.273. The number of tetrazole rings is 1. The van der Waals surface area contributed by atoms with Crippen LogP contribution in [-0.2, 0) is 11.3 Å². The van der Waals surface area contributed by atoms with Crippen LogP contribution in [0.5, 0.6) is 0 Å². The fourth-order valence-electron chi connectivity index (χ4n) is 1.60. The van der Waals surface area contributed by atoms with E-state index in [1.54, 1.807) is 12.1 Å². The van der Waals surface area contributed by atoms with Crippen molar-refractivity contribution in [1.82, 2.24) is 20.2 Å². The number of hydrogen-bond acceptors (Lipinski definition) is 4. The predicted octanol–water partition coefficient (Wildman–Crippen LogP) is 1.78. The molecule has 0 radical (unpaired) electrons. The third-order valence-corrected chi connectivity index (χ3v) is 2.99. The zero-order valence-electron chi connectivity index (χ0n) is 9.67. The highest BCUT2D eigenvalue weighted by Gasteiger charge is 2.13. The number of carboxylic acid groups (broad SMARTS) is 1. The highest BCUT2D eigenvalue weighted by molar-refractivity contribution is 6.31. The molecule has 1 aromatic carbocycles. The van der Waals surface area contributed by atoms with Crippen LogP contribution in [0.25, 0.3) is 11.4 Å². The van der Waals surface area contributed by atoms with Crippen molar-refractivity contribution in [3.63, 3.8) is 0 Å². The van der Waals surface area contributed by atoms with E-state index in [2.05, 4.69) is 15.5 Å². The van der Waals surface area contributed by atoms with Crippen molar-refractivity contribution in [2.24, 2.45) is 0 Å². The molecule has 2 aromatic rings. The van der Waals surface area contributed by atoms with Crippen LogP contribution in [-0.4, -0.2) is 31.3 Å². The molecule has 0 aliphatic rings. The minimum Gasteiger partial charge on any atom is -0.481 e. The lowest BCUT2D eigenvalue weighted by molar-refractivity contribution is -0.137. The van der Waals surface area contributed by atoms with E-state index in [0.717, 1.165) is 11.1 Å². The summed E-state index contributed by atoms with van der Waals surface area (Å²) in [7, 11) is 0. The third-order valence-electron chi connectivity index (χ3n) is 2.58. The summed E-state index contributed by atoms with van der Waals surface area (Å²) in [6.45, 7) is 2.09. The first-order chi connectivity index (χ1) is 8.59. The second-order valence-corrected chi connectivity index (χ2v) is 4.19. The van der Waals surface area contributed by atoms with Gasteiger partial charge >= 0.3 is 5.97 Å². The number of aryl methyl sites for hydroxylation is 1. The normalized spacial score (nSPS) is 10.6. The van der Waals surface area contributed by atoms with Crippen LogP contribution in [0.4, 0.5) is 0 Å². The first kappa shape index (κ1) is 12.5. The molecule has 6 nitrogen and oxygen atoms in total. The van der Waals surface area contributed by atoms with Gasteiger partial charge in [-0.05, 0) is 29.0 Å². The summed E-state index contributed by atoms with van der Waals surface area (Å²) in [5, 5.41) is 20.6. The second-order valence-electron chi connectivity index (χ2n) is 3.78. The van der Waals surface area contributed by atoms with Crippen LogP contribution in [0.2, 0.25) is 5.02 Å². The Kier molecular flexibility index (Phi) is 3.57. The maximum Gasteiger partial charge on any atom is 0.305 e. The molecule has 0 spiro atoms. The summed E-state index contributed by atoms with van der Waals surface area (Å²) < 4.78 is 1.47. The van der Waals surface area contributed by atoms with Crippen LogP contribution in [0.1, 0.15) is 12.0 Å². The van der Waals surface area contributed by atoms with Crippen LogP contribution in [0, 0.1) is 6.92 Å². The second kappa shape index (κ2) is 5.14. The van der Waals surface area contributed by atoms with Gasteiger partial charge in [-0.15, -0.1) is 5.10 Å². The number of nitrogens with zero attached hydrogens (tertiary/aromatic N) is 4. The topological polar surface area (TPSA) is 80.9 Å². The first-order valence-electron chi connectivity index (χ1n) is 5.33. The molecule has 0 saturated carbocycles. The molecule has 0 saturated heterocycles. The first-order valence-corrected chi connectivity index (χ1v) is 5.71. The quantitative estimate of drug-likeness (QED) is 0.912. The zero-order valence-corrected chi connectivity index (χ0v) is 10.4. The van der Waals surface area contributed by atoms with Crippen LogP contribution in [0.3, 0.4) is 0 Å². The summed E-state index contributed by atoms with van der Waals surface area (Å²) in [6, 6.07) is 5.44. The van der Waals surface area contributed by atoms with Crippen LogP contribution >= 0.6 is 11.6 Å². The third kappa shape index (κ3) is 2.48. The maximum atomic E-state index is 10.6. The van der Waals surface area contributed by atoms with Crippen molar-refractivity contribution in [2.45, 2.75) is 19.9 Å². The van der Waals surface area contributed by atoms with Crippen molar-refractivity contribution >= 4 is 17.6 Å². The highest BCUT2D eigenvalue weighted by Crippen LogP contribution is 2.26. The van der Waals surface area contributed by atoms with Crippen molar-refractivity contribution in [2.75, 3.05) is 0 Å². The van der Waals surface area contributed by atoms with Gasteiger partial charge in [-0.3, -0.25) is 4.79 Å². The molecule has 0 unspecified atom stereocenters.